The van der Waals surface area contributed by atoms with Crippen LogP contribution in [0.25, 0.3) is 0 Å². The molecule has 0 saturated carbocycles. The van der Waals surface area contributed by atoms with Gasteiger partial charge in [0.05, 0.1) is 11.3 Å². The third-order valence-corrected chi connectivity index (χ3v) is 4.98. The summed E-state index contributed by atoms with van der Waals surface area (Å²) < 4.78 is 37.8. The Bertz CT molecular complexity index is 740. The average molecular weight is 382 g/mol. The number of hydrogen-bond acceptors (Lipinski definition) is 5. The summed E-state index contributed by atoms with van der Waals surface area (Å²) >= 11 is 1.43. The summed E-state index contributed by atoms with van der Waals surface area (Å²) in [5.74, 6) is 0.721. The molecule has 1 atom stereocenters. The zero-order valence-electron chi connectivity index (χ0n) is 13.7. The molecule has 138 valence electrons. The summed E-state index contributed by atoms with van der Waals surface area (Å²) in [5.41, 5.74) is -0.765. The van der Waals surface area contributed by atoms with Gasteiger partial charge in [0.1, 0.15) is 5.82 Å². The SMILES string of the molecule is O=C(CSc1ccncc1)NC1CCN(c2ccc(C(F)(F)F)cn2)C1. The molecule has 3 heterocycles. The molecule has 1 aliphatic heterocycles. The van der Waals surface area contributed by atoms with Gasteiger partial charge in [-0.3, -0.25) is 9.78 Å². The quantitative estimate of drug-likeness (QED) is 0.806. The van der Waals surface area contributed by atoms with E-state index in [0.717, 1.165) is 23.6 Å². The number of alkyl halides is 3. The lowest BCUT2D eigenvalue weighted by molar-refractivity contribution is -0.137. The highest BCUT2D eigenvalue weighted by Gasteiger charge is 2.31. The Kier molecular flexibility index (Phi) is 5.65. The van der Waals surface area contributed by atoms with Gasteiger partial charge in [0.15, 0.2) is 0 Å². The molecule has 0 aliphatic carbocycles. The van der Waals surface area contributed by atoms with Gasteiger partial charge in [0, 0.05) is 42.6 Å². The molecule has 5 nitrogen and oxygen atoms in total. The van der Waals surface area contributed by atoms with Crippen LogP contribution in [0.4, 0.5) is 19.0 Å². The van der Waals surface area contributed by atoms with Crippen molar-refractivity contribution in [1.29, 1.82) is 0 Å². The van der Waals surface area contributed by atoms with Crippen molar-refractivity contribution in [3.05, 3.63) is 48.4 Å². The number of rotatable bonds is 5. The lowest BCUT2D eigenvalue weighted by Crippen LogP contribution is -2.38. The van der Waals surface area contributed by atoms with Gasteiger partial charge in [0.2, 0.25) is 5.91 Å². The fourth-order valence-electron chi connectivity index (χ4n) is 2.68. The Hall–Kier alpha value is -2.29. The van der Waals surface area contributed by atoms with E-state index in [4.69, 9.17) is 0 Å². The maximum atomic E-state index is 12.6. The highest BCUT2D eigenvalue weighted by atomic mass is 32.2. The van der Waals surface area contributed by atoms with Gasteiger partial charge in [-0.2, -0.15) is 13.2 Å². The Balaban J connectivity index is 1.48. The molecule has 1 fully saturated rings. The van der Waals surface area contributed by atoms with Gasteiger partial charge >= 0.3 is 6.18 Å². The highest BCUT2D eigenvalue weighted by Crippen LogP contribution is 2.29. The van der Waals surface area contributed by atoms with Crippen LogP contribution in [0.5, 0.6) is 0 Å². The summed E-state index contributed by atoms with van der Waals surface area (Å²) in [5, 5.41) is 2.96. The van der Waals surface area contributed by atoms with E-state index >= 15 is 0 Å². The van der Waals surface area contributed by atoms with Crippen LogP contribution in [-0.4, -0.2) is 40.8 Å². The van der Waals surface area contributed by atoms with Gasteiger partial charge in [0.25, 0.3) is 0 Å². The van der Waals surface area contributed by atoms with Gasteiger partial charge < -0.3 is 10.2 Å². The monoisotopic (exact) mass is 382 g/mol. The summed E-state index contributed by atoms with van der Waals surface area (Å²) in [6.45, 7) is 1.17. The molecule has 0 radical (unpaired) electrons. The molecule has 1 aliphatic rings. The normalized spacial score (nSPS) is 17.3. The number of hydrogen-bond donors (Lipinski definition) is 1. The summed E-state index contributed by atoms with van der Waals surface area (Å²) in [6, 6.07) is 6.04. The molecule has 0 aromatic carbocycles. The smallest absolute Gasteiger partial charge is 0.354 e. The lowest BCUT2D eigenvalue weighted by Gasteiger charge is -2.18. The van der Waals surface area contributed by atoms with Gasteiger partial charge in [-0.25, -0.2) is 4.98 Å². The number of halogens is 3. The van der Waals surface area contributed by atoms with Gasteiger partial charge in [-0.05, 0) is 30.7 Å². The van der Waals surface area contributed by atoms with E-state index in [9.17, 15) is 18.0 Å². The first-order valence-corrected chi connectivity index (χ1v) is 9.01. The van der Waals surface area contributed by atoms with E-state index in [-0.39, 0.29) is 11.9 Å². The number of aromatic nitrogens is 2. The summed E-state index contributed by atoms with van der Waals surface area (Å²) in [7, 11) is 0. The van der Waals surface area contributed by atoms with Gasteiger partial charge in [-0.15, -0.1) is 11.8 Å². The molecule has 0 bridgehead atoms. The molecule has 1 saturated heterocycles. The molecular weight excluding hydrogens is 365 g/mol. The van der Waals surface area contributed by atoms with Crippen molar-refractivity contribution in [3.63, 3.8) is 0 Å². The van der Waals surface area contributed by atoms with E-state index in [1.54, 1.807) is 12.4 Å². The van der Waals surface area contributed by atoms with Crippen LogP contribution in [0.15, 0.2) is 47.8 Å². The maximum absolute atomic E-state index is 12.6. The maximum Gasteiger partial charge on any atom is 0.417 e. The number of pyridine rings is 2. The summed E-state index contributed by atoms with van der Waals surface area (Å²) in [6.07, 6.45) is 0.527. The Morgan fingerprint density at radius 2 is 2.04 bits per heavy atom. The fourth-order valence-corrected chi connectivity index (χ4v) is 3.37. The van der Waals surface area contributed by atoms with Crippen LogP contribution < -0.4 is 10.2 Å². The van der Waals surface area contributed by atoms with Crippen LogP contribution in [0, 0.1) is 0 Å². The van der Waals surface area contributed by atoms with Crippen LogP contribution in [0.2, 0.25) is 0 Å². The Labute approximate surface area is 153 Å². The minimum Gasteiger partial charge on any atom is -0.354 e. The van der Waals surface area contributed by atoms with E-state index in [1.807, 2.05) is 17.0 Å². The van der Waals surface area contributed by atoms with Crippen molar-refractivity contribution >= 4 is 23.5 Å². The molecule has 9 heteroatoms. The zero-order valence-corrected chi connectivity index (χ0v) is 14.6. The molecule has 2 aromatic heterocycles. The third kappa shape index (κ3) is 4.87. The van der Waals surface area contributed by atoms with Crippen molar-refractivity contribution < 1.29 is 18.0 Å². The lowest BCUT2D eigenvalue weighted by atomic mass is 10.2. The first-order chi connectivity index (χ1) is 12.4. The highest BCUT2D eigenvalue weighted by molar-refractivity contribution is 8.00. The molecule has 26 heavy (non-hydrogen) atoms. The first-order valence-electron chi connectivity index (χ1n) is 8.02. The number of thioether (sulfide) groups is 1. The number of nitrogens with zero attached hydrogens (tertiary/aromatic N) is 3. The van der Waals surface area contributed by atoms with Crippen molar-refractivity contribution in [3.8, 4) is 0 Å². The number of amides is 1. The standard InChI is InChI=1S/C17H17F3N4OS/c18-17(19,20)12-1-2-15(22-9-12)24-8-5-13(10-24)23-16(25)11-26-14-3-6-21-7-4-14/h1-4,6-7,9,13H,5,8,10-11H2,(H,23,25). The Morgan fingerprint density at radius 1 is 1.27 bits per heavy atom. The number of anilines is 1. The predicted octanol–water partition coefficient (Wildman–Crippen LogP) is 2.98. The number of carbonyl (C=O) groups is 1. The van der Waals surface area contributed by atoms with Crippen LogP contribution in [-0.2, 0) is 11.0 Å². The topological polar surface area (TPSA) is 58.1 Å². The molecule has 0 spiro atoms. The fraction of sp³-hybridized carbons (Fsp3) is 0.353. The van der Waals surface area contributed by atoms with Crippen molar-refractivity contribution in [2.24, 2.45) is 0 Å². The molecule has 1 unspecified atom stereocenters. The van der Waals surface area contributed by atoms with Gasteiger partial charge in [-0.1, -0.05) is 0 Å². The molecule has 3 rings (SSSR count). The minimum absolute atomic E-state index is 0.0374. The predicted molar refractivity (Wildman–Crippen MR) is 93.0 cm³/mol. The van der Waals surface area contributed by atoms with Crippen molar-refractivity contribution in [2.45, 2.75) is 23.5 Å². The van der Waals surface area contributed by atoms with Crippen LogP contribution >= 0.6 is 11.8 Å². The largest absolute Gasteiger partial charge is 0.417 e. The number of carbonyl (C=O) groups excluding carboxylic acids is 1. The minimum atomic E-state index is -4.39. The van der Waals surface area contributed by atoms with Crippen LogP contribution in [0.3, 0.4) is 0 Å². The first kappa shape index (κ1) is 18.5. The van der Waals surface area contributed by atoms with Crippen molar-refractivity contribution in [1.82, 2.24) is 15.3 Å². The van der Waals surface area contributed by atoms with Crippen molar-refractivity contribution in [2.75, 3.05) is 23.7 Å². The Morgan fingerprint density at radius 3 is 2.69 bits per heavy atom. The van der Waals surface area contributed by atoms with Crippen LogP contribution in [0.1, 0.15) is 12.0 Å². The molecule has 1 amide bonds. The average Bonchev–Trinajstić information content (AvgIpc) is 3.09. The second-order valence-electron chi connectivity index (χ2n) is 5.87. The summed E-state index contributed by atoms with van der Waals surface area (Å²) in [4.78, 5) is 22.7. The zero-order chi connectivity index (χ0) is 18.6. The molecule has 2 aromatic rings. The second kappa shape index (κ2) is 7.94. The van der Waals surface area contributed by atoms with E-state index in [2.05, 4.69) is 15.3 Å². The second-order valence-corrected chi connectivity index (χ2v) is 6.92. The van der Waals surface area contributed by atoms with E-state index < -0.39 is 11.7 Å². The molecular formula is C17H17F3N4OS. The molecule has 1 N–H and O–H groups in total. The van der Waals surface area contributed by atoms with E-state index in [0.29, 0.717) is 24.7 Å². The number of nitrogens with one attached hydrogen (secondary N) is 1. The van der Waals surface area contributed by atoms with E-state index in [1.165, 1.54) is 17.8 Å². The third-order valence-electron chi connectivity index (χ3n) is 3.97.